The zero-order valence-corrected chi connectivity index (χ0v) is 15.8. The number of hydrogen-bond donors (Lipinski definition) is 0. The summed E-state index contributed by atoms with van der Waals surface area (Å²) in [4.78, 5) is 0. The van der Waals surface area contributed by atoms with E-state index in [1.807, 2.05) is 0 Å². The van der Waals surface area contributed by atoms with E-state index in [1.54, 1.807) is 0 Å². The van der Waals surface area contributed by atoms with E-state index < -0.39 is 0 Å². The molecule has 0 atom stereocenters. The summed E-state index contributed by atoms with van der Waals surface area (Å²) in [5.41, 5.74) is 0.750. The van der Waals surface area contributed by atoms with E-state index in [0.29, 0.717) is 0 Å². The van der Waals surface area contributed by atoms with E-state index in [1.165, 1.54) is 19.4 Å². The normalized spacial score (nSPS) is 11.0. The molecular formula is C15H33ClTi. The van der Waals surface area contributed by atoms with Crippen LogP contribution < -0.4 is 0 Å². The van der Waals surface area contributed by atoms with Crippen LogP contribution in [0.15, 0.2) is 0 Å². The van der Waals surface area contributed by atoms with Crippen LogP contribution in [0.1, 0.15) is 62.3 Å². The van der Waals surface area contributed by atoms with Crippen molar-refractivity contribution in [1.82, 2.24) is 0 Å². The minimum absolute atomic E-state index is 0.250. The molecule has 0 bridgehead atoms. The van der Waals surface area contributed by atoms with Gasteiger partial charge in [0.2, 0.25) is 0 Å². The van der Waals surface area contributed by atoms with E-state index in [-0.39, 0.29) is 16.2 Å². The Morgan fingerprint density at radius 3 is 0.529 bits per heavy atom. The first-order chi connectivity index (χ1) is 7.00. The second-order valence-electron chi connectivity index (χ2n) is 7.68. The molecule has 0 aromatic carbocycles. The Labute approximate surface area is 128 Å². The van der Waals surface area contributed by atoms with Crippen molar-refractivity contribution in [2.75, 3.05) is 0 Å². The molecular weight excluding hydrogens is 263 g/mol. The van der Waals surface area contributed by atoms with Crippen LogP contribution in [-0.2, 0) is 19.4 Å². The summed E-state index contributed by atoms with van der Waals surface area (Å²) in [6.07, 6.45) is 0. The molecule has 0 aliphatic rings. The van der Waals surface area contributed by atoms with E-state index >= 15 is 0 Å². The van der Waals surface area contributed by atoms with Crippen molar-refractivity contribution in [3.8, 4) is 0 Å². The number of halogens is 1. The van der Waals surface area contributed by atoms with Crippen LogP contribution in [0.5, 0.6) is 0 Å². The van der Waals surface area contributed by atoms with Crippen LogP contribution in [-0.4, -0.2) is 0 Å². The molecule has 0 heterocycles. The van der Waals surface area contributed by atoms with Gasteiger partial charge in [-0.2, -0.15) is 16.2 Å². The summed E-state index contributed by atoms with van der Waals surface area (Å²) in [6, 6.07) is 0. The molecule has 0 fully saturated rings. The molecule has 0 saturated carbocycles. The third-order valence-corrected chi connectivity index (χ3v) is 0. The zero-order valence-electron chi connectivity index (χ0n) is 13.5. The first-order valence-electron chi connectivity index (χ1n) is 5.75. The van der Waals surface area contributed by atoms with Crippen molar-refractivity contribution in [3.05, 3.63) is 20.8 Å². The Morgan fingerprint density at radius 2 is 0.529 bits per heavy atom. The molecule has 0 amide bonds. The van der Waals surface area contributed by atoms with Gasteiger partial charge in [-0.05, 0) is 0 Å². The predicted octanol–water partition coefficient (Wildman–Crippen LogP) is 6.29. The Balaban J connectivity index is -0.0000000693. The summed E-state index contributed by atoms with van der Waals surface area (Å²) in [7, 11) is 4.64. The molecule has 17 heavy (non-hydrogen) atoms. The summed E-state index contributed by atoms with van der Waals surface area (Å²) in [5.74, 6) is 0. The van der Waals surface area contributed by atoms with Gasteiger partial charge in [0.1, 0.15) is 0 Å². The van der Waals surface area contributed by atoms with Crippen LogP contribution in [0.3, 0.4) is 0 Å². The average molecular weight is 297 g/mol. The van der Waals surface area contributed by atoms with Gasteiger partial charge in [0.05, 0.1) is 0 Å². The van der Waals surface area contributed by atoms with Crippen LogP contribution in [0.2, 0.25) is 0 Å². The molecule has 0 aliphatic carbocycles. The Hall–Kier alpha value is 1.00. The maximum atomic E-state index is 4.64. The van der Waals surface area contributed by atoms with Gasteiger partial charge in [0.15, 0.2) is 0 Å². The molecule has 0 rings (SSSR count). The van der Waals surface area contributed by atoms with Crippen LogP contribution in [0, 0.1) is 37.0 Å². The van der Waals surface area contributed by atoms with Gasteiger partial charge in [-0.3, -0.25) is 0 Å². The van der Waals surface area contributed by atoms with Crippen molar-refractivity contribution in [2.45, 2.75) is 62.3 Å². The molecule has 0 aromatic heterocycles. The second-order valence-corrected chi connectivity index (χ2v) is 7.68. The first-order valence-corrected chi connectivity index (χ1v) is 7.90. The van der Waals surface area contributed by atoms with Crippen LogP contribution in [0.25, 0.3) is 0 Å². The Bertz CT molecular complexity index is 85.9. The molecule has 0 saturated heterocycles. The summed E-state index contributed by atoms with van der Waals surface area (Å²) in [6.45, 7) is 30.0. The van der Waals surface area contributed by atoms with Gasteiger partial charge in [0, 0.05) is 0 Å². The number of hydrogen-bond acceptors (Lipinski definition) is 0. The van der Waals surface area contributed by atoms with E-state index in [9.17, 15) is 0 Å². The third-order valence-electron chi connectivity index (χ3n) is 0. The van der Waals surface area contributed by atoms with E-state index in [0.717, 1.165) is 0 Å². The van der Waals surface area contributed by atoms with Crippen molar-refractivity contribution in [3.63, 3.8) is 0 Å². The summed E-state index contributed by atoms with van der Waals surface area (Å²) >= 11 is 1.47. The van der Waals surface area contributed by atoms with Gasteiger partial charge >= 0.3 is 28.7 Å². The Kier molecular flexibility index (Phi) is 18.8. The van der Waals surface area contributed by atoms with E-state index in [2.05, 4.69) is 92.4 Å². The molecule has 104 valence electrons. The third kappa shape index (κ3) is 3800. The molecule has 0 spiro atoms. The standard InChI is InChI=1S/3C5H11.ClH.Ti/c3*1-5(2,3)4;;/h3*1H2,2-4H3;1H;/q3*-1;;+4/p-1. The summed E-state index contributed by atoms with van der Waals surface area (Å²) < 4.78 is 0. The molecule has 0 N–H and O–H groups in total. The molecule has 0 unspecified atom stereocenters. The van der Waals surface area contributed by atoms with Crippen molar-refractivity contribution < 1.29 is 19.4 Å². The fourth-order valence-electron chi connectivity index (χ4n) is 0. The van der Waals surface area contributed by atoms with Crippen LogP contribution >= 0.6 is 9.30 Å². The monoisotopic (exact) mass is 296 g/mol. The maximum absolute atomic E-state index is 4.64. The quantitative estimate of drug-likeness (QED) is 0.364. The fraction of sp³-hybridized carbons (Fsp3) is 0.800. The molecule has 0 aliphatic heterocycles. The van der Waals surface area contributed by atoms with Gasteiger partial charge in [-0.15, -0.1) is 0 Å². The molecule has 0 radical (unpaired) electrons. The average Bonchev–Trinajstić information content (AvgIpc) is 1.77. The molecule has 2 heteroatoms. The van der Waals surface area contributed by atoms with Crippen molar-refractivity contribution in [1.29, 1.82) is 0 Å². The van der Waals surface area contributed by atoms with Gasteiger partial charge in [0.25, 0.3) is 0 Å². The predicted molar refractivity (Wildman–Crippen MR) is 80.3 cm³/mol. The SMILES string of the molecule is [CH2-]C(C)(C)C.[CH2-]C(C)(C)C.[CH2-]C(C)(C)C.[Cl][Ti+3]. The topological polar surface area (TPSA) is 0 Å². The summed E-state index contributed by atoms with van der Waals surface area (Å²) in [5, 5.41) is 0. The fourth-order valence-corrected chi connectivity index (χ4v) is 0. The van der Waals surface area contributed by atoms with Gasteiger partial charge in [-0.25, -0.2) is 0 Å². The number of rotatable bonds is 0. The zero-order chi connectivity index (χ0) is 15.5. The van der Waals surface area contributed by atoms with Crippen molar-refractivity contribution >= 4 is 9.30 Å². The van der Waals surface area contributed by atoms with Crippen molar-refractivity contribution in [2.24, 2.45) is 16.2 Å². The van der Waals surface area contributed by atoms with E-state index in [4.69, 9.17) is 0 Å². The van der Waals surface area contributed by atoms with Gasteiger partial charge < -0.3 is 20.8 Å². The second kappa shape index (κ2) is 12.1. The molecule has 0 aromatic rings. The molecule has 0 nitrogen and oxygen atoms in total. The minimum atomic E-state index is 0.250. The first kappa shape index (κ1) is 26.5. The van der Waals surface area contributed by atoms with Crippen LogP contribution in [0.4, 0.5) is 0 Å². The van der Waals surface area contributed by atoms with Gasteiger partial charge in [-0.1, -0.05) is 62.3 Å². The Morgan fingerprint density at radius 1 is 0.529 bits per heavy atom.